The van der Waals surface area contributed by atoms with Crippen LogP contribution < -0.4 is 0 Å². The lowest BCUT2D eigenvalue weighted by molar-refractivity contribution is 0.342. The van der Waals surface area contributed by atoms with E-state index in [1.807, 2.05) is 6.92 Å². The van der Waals surface area contributed by atoms with E-state index in [0.29, 0.717) is 12.1 Å². The summed E-state index contributed by atoms with van der Waals surface area (Å²) in [5, 5.41) is -0.118. The van der Waals surface area contributed by atoms with E-state index in [1.165, 1.54) is 10.4 Å². The molecule has 1 heterocycles. The molecule has 0 aliphatic carbocycles. The maximum absolute atomic E-state index is 13.8. The van der Waals surface area contributed by atoms with Gasteiger partial charge in [0.05, 0.1) is 9.92 Å². The van der Waals surface area contributed by atoms with Gasteiger partial charge in [0.25, 0.3) is 0 Å². The van der Waals surface area contributed by atoms with Gasteiger partial charge in [-0.1, -0.05) is 24.4 Å². The third-order valence-electron chi connectivity index (χ3n) is 3.82. The van der Waals surface area contributed by atoms with Crippen LogP contribution in [0, 0.1) is 5.82 Å². The zero-order chi connectivity index (χ0) is 15.6. The van der Waals surface area contributed by atoms with Crippen molar-refractivity contribution in [3.05, 3.63) is 28.5 Å². The Morgan fingerprint density at radius 2 is 2.05 bits per heavy atom. The van der Waals surface area contributed by atoms with Crippen molar-refractivity contribution in [1.29, 1.82) is 0 Å². The highest BCUT2D eigenvalue weighted by Crippen LogP contribution is 2.29. The van der Waals surface area contributed by atoms with Gasteiger partial charge in [-0.2, -0.15) is 4.31 Å². The van der Waals surface area contributed by atoms with Gasteiger partial charge in [0.1, 0.15) is 5.82 Å². The fraction of sp³-hybridized carbons (Fsp3) is 0.571. The summed E-state index contributed by atoms with van der Waals surface area (Å²) in [7, 11) is -3.73. The normalized spacial score (nSPS) is 21.2. The number of sulfonamides is 1. The molecule has 1 aliphatic heterocycles. The predicted molar refractivity (Wildman–Crippen MR) is 82.8 cm³/mol. The second-order valence-corrected chi connectivity index (χ2v) is 7.86. The molecule has 21 heavy (non-hydrogen) atoms. The van der Waals surface area contributed by atoms with E-state index < -0.39 is 15.8 Å². The maximum atomic E-state index is 13.8. The van der Waals surface area contributed by atoms with Crippen molar-refractivity contribution in [2.24, 2.45) is 0 Å². The molecule has 2 rings (SSSR count). The molecular weight excluding hydrogens is 336 g/mol. The minimum Gasteiger partial charge on any atom is -0.207 e. The lowest BCUT2D eigenvalue weighted by atomic mass is 10.1. The average Bonchev–Trinajstić information content (AvgIpc) is 2.66. The number of hydrogen-bond donors (Lipinski definition) is 0. The highest BCUT2D eigenvalue weighted by molar-refractivity contribution is 7.89. The fourth-order valence-corrected chi connectivity index (χ4v) is 4.82. The van der Waals surface area contributed by atoms with Gasteiger partial charge >= 0.3 is 0 Å². The molecule has 0 aromatic heterocycles. The maximum Gasteiger partial charge on any atom is 0.243 e. The average molecular weight is 354 g/mol. The van der Waals surface area contributed by atoms with Gasteiger partial charge in [-0.3, -0.25) is 0 Å². The first kappa shape index (κ1) is 17.0. The lowest BCUT2D eigenvalue weighted by Crippen LogP contribution is -2.38. The largest absolute Gasteiger partial charge is 0.243 e. The van der Waals surface area contributed by atoms with Gasteiger partial charge in [0.15, 0.2) is 0 Å². The highest BCUT2D eigenvalue weighted by Gasteiger charge is 2.31. The Balaban J connectivity index is 2.45. The Hall–Kier alpha value is -0.360. The molecule has 3 nitrogen and oxygen atoms in total. The molecule has 0 radical (unpaired) electrons. The number of alkyl halides is 1. The minimum absolute atomic E-state index is 0.0331. The van der Waals surface area contributed by atoms with Crippen molar-refractivity contribution in [3.63, 3.8) is 0 Å². The SMILES string of the molecule is CC1CCCCCN1S(=O)(=O)c1cc(F)c(Cl)c(CCl)c1. The van der Waals surface area contributed by atoms with Gasteiger partial charge in [-0.25, -0.2) is 12.8 Å². The van der Waals surface area contributed by atoms with Crippen molar-refractivity contribution in [3.8, 4) is 0 Å². The summed E-state index contributed by atoms with van der Waals surface area (Å²) in [6, 6.07) is 2.26. The van der Waals surface area contributed by atoms with E-state index in [-0.39, 0.29) is 21.8 Å². The molecule has 0 N–H and O–H groups in total. The van der Waals surface area contributed by atoms with Crippen LogP contribution in [0.4, 0.5) is 4.39 Å². The lowest BCUT2D eigenvalue weighted by Gasteiger charge is -2.26. The summed E-state index contributed by atoms with van der Waals surface area (Å²) in [5.74, 6) is -0.787. The van der Waals surface area contributed by atoms with Crippen molar-refractivity contribution >= 4 is 33.2 Å². The van der Waals surface area contributed by atoms with E-state index in [0.717, 1.165) is 31.7 Å². The second-order valence-electron chi connectivity index (χ2n) is 5.33. The van der Waals surface area contributed by atoms with E-state index in [9.17, 15) is 12.8 Å². The third kappa shape index (κ3) is 3.52. The molecule has 7 heteroatoms. The van der Waals surface area contributed by atoms with Gasteiger partial charge in [0, 0.05) is 18.5 Å². The van der Waals surface area contributed by atoms with Crippen molar-refractivity contribution in [1.82, 2.24) is 4.31 Å². The third-order valence-corrected chi connectivity index (χ3v) is 6.52. The predicted octanol–water partition coefficient (Wildman–Crippen LogP) is 4.17. The first-order valence-electron chi connectivity index (χ1n) is 6.93. The smallest absolute Gasteiger partial charge is 0.207 e. The zero-order valence-electron chi connectivity index (χ0n) is 11.8. The fourth-order valence-electron chi connectivity index (χ4n) is 2.61. The number of rotatable bonds is 3. The quantitative estimate of drug-likeness (QED) is 0.764. The van der Waals surface area contributed by atoms with Gasteiger partial charge in [0.2, 0.25) is 10.0 Å². The summed E-state index contributed by atoms with van der Waals surface area (Å²) >= 11 is 11.5. The molecule has 1 aromatic rings. The van der Waals surface area contributed by atoms with Gasteiger partial charge < -0.3 is 0 Å². The Morgan fingerprint density at radius 3 is 2.71 bits per heavy atom. The van der Waals surface area contributed by atoms with Crippen LogP contribution in [0.25, 0.3) is 0 Å². The van der Waals surface area contributed by atoms with Crippen molar-refractivity contribution in [2.45, 2.75) is 49.4 Å². The standard InChI is InChI=1S/C14H18Cl2FNO2S/c1-10-5-3-2-4-6-18(10)21(19,20)12-7-11(9-15)14(16)13(17)8-12/h7-8,10H,2-6,9H2,1H3. The van der Waals surface area contributed by atoms with Crippen LogP contribution in [0.15, 0.2) is 17.0 Å². The molecule has 0 spiro atoms. The van der Waals surface area contributed by atoms with Crippen LogP contribution in [0.2, 0.25) is 5.02 Å². The number of nitrogens with zero attached hydrogens (tertiary/aromatic N) is 1. The Labute approximate surface area is 135 Å². The monoisotopic (exact) mass is 353 g/mol. The second kappa shape index (κ2) is 6.82. The van der Waals surface area contributed by atoms with Crippen LogP contribution in [0.3, 0.4) is 0 Å². The van der Waals surface area contributed by atoms with Crippen LogP contribution in [-0.4, -0.2) is 25.3 Å². The summed E-state index contributed by atoms with van der Waals surface area (Å²) in [6.45, 7) is 2.35. The van der Waals surface area contributed by atoms with E-state index >= 15 is 0 Å². The van der Waals surface area contributed by atoms with Crippen molar-refractivity contribution in [2.75, 3.05) is 6.54 Å². The first-order valence-corrected chi connectivity index (χ1v) is 9.29. The summed E-state index contributed by atoms with van der Waals surface area (Å²) in [4.78, 5) is -0.0752. The molecule has 1 aromatic carbocycles. The van der Waals surface area contributed by atoms with Crippen LogP contribution >= 0.6 is 23.2 Å². The Bertz CT molecular complexity index is 622. The van der Waals surface area contributed by atoms with Crippen LogP contribution in [-0.2, 0) is 15.9 Å². The Morgan fingerprint density at radius 1 is 1.33 bits per heavy atom. The molecule has 1 aliphatic rings. The van der Waals surface area contributed by atoms with Crippen LogP contribution in [0.5, 0.6) is 0 Å². The number of hydrogen-bond acceptors (Lipinski definition) is 2. The Kier molecular flexibility index (Phi) is 5.52. The van der Waals surface area contributed by atoms with E-state index in [1.54, 1.807) is 0 Å². The number of halogens is 3. The van der Waals surface area contributed by atoms with E-state index in [2.05, 4.69) is 0 Å². The summed E-state index contributed by atoms with van der Waals surface area (Å²) in [6.07, 6.45) is 3.66. The molecular formula is C14H18Cl2FNO2S. The molecule has 118 valence electrons. The van der Waals surface area contributed by atoms with Gasteiger partial charge in [-0.05, 0) is 37.5 Å². The summed E-state index contributed by atoms with van der Waals surface area (Å²) < 4.78 is 40.8. The minimum atomic E-state index is -3.73. The number of benzene rings is 1. The molecule has 0 saturated carbocycles. The zero-order valence-corrected chi connectivity index (χ0v) is 14.1. The highest BCUT2D eigenvalue weighted by atomic mass is 35.5. The molecule has 1 atom stereocenters. The summed E-state index contributed by atoms with van der Waals surface area (Å²) in [5.41, 5.74) is 0.291. The molecule has 0 bridgehead atoms. The molecule has 0 amide bonds. The van der Waals surface area contributed by atoms with Crippen LogP contribution in [0.1, 0.15) is 38.2 Å². The molecule has 1 saturated heterocycles. The molecule has 1 fully saturated rings. The molecule has 1 unspecified atom stereocenters. The van der Waals surface area contributed by atoms with E-state index in [4.69, 9.17) is 23.2 Å². The van der Waals surface area contributed by atoms with Crippen molar-refractivity contribution < 1.29 is 12.8 Å². The topological polar surface area (TPSA) is 37.4 Å². The first-order chi connectivity index (χ1) is 9.87. The van der Waals surface area contributed by atoms with Gasteiger partial charge in [-0.15, -0.1) is 11.6 Å².